The van der Waals surface area contributed by atoms with E-state index >= 15 is 0 Å². The van der Waals surface area contributed by atoms with Crippen molar-refractivity contribution in [1.29, 1.82) is 0 Å². The molecule has 0 unspecified atom stereocenters. The molecule has 3 nitrogen and oxygen atoms in total. The molecule has 0 aromatic heterocycles. The predicted molar refractivity (Wildman–Crippen MR) is 73.3 cm³/mol. The van der Waals surface area contributed by atoms with Crippen LogP contribution in [0.2, 0.25) is 0 Å². The Morgan fingerprint density at radius 3 is 2.61 bits per heavy atom. The lowest BCUT2D eigenvalue weighted by Gasteiger charge is -2.14. The molecule has 0 fully saturated rings. The number of ether oxygens (including phenoxy) is 2. The SMILES string of the molecule is CCCCCCOc1cc(OC)ccc1[C@@H](C)O. The summed E-state index contributed by atoms with van der Waals surface area (Å²) in [6, 6.07) is 5.53. The number of aliphatic hydroxyl groups is 1. The van der Waals surface area contributed by atoms with Gasteiger partial charge in [-0.1, -0.05) is 26.2 Å². The molecule has 1 N–H and O–H groups in total. The van der Waals surface area contributed by atoms with Crippen molar-refractivity contribution in [3.8, 4) is 11.5 Å². The molecule has 1 rings (SSSR count). The fourth-order valence-corrected chi connectivity index (χ4v) is 1.82. The molecule has 0 aliphatic carbocycles. The first-order valence-electron chi connectivity index (χ1n) is 6.67. The minimum atomic E-state index is -0.526. The molecular formula is C15H24O3. The molecule has 0 spiro atoms. The highest BCUT2D eigenvalue weighted by atomic mass is 16.5. The molecule has 0 aliphatic rings. The van der Waals surface area contributed by atoms with Crippen LogP contribution in [0.5, 0.6) is 11.5 Å². The van der Waals surface area contributed by atoms with Gasteiger partial charge in [-0.2, -0.15) is 0 Å². The van der Waals surface area contributed by atoms with Crippen LogP contribution in [-0.2, 0) is 0 Å². The highest BCUT2D eigenvalue weighted by Gasteiger charge is 2.10. The van der Waals surface area contributed by atoms with Gasteiger partial charge in [0.25, 0.3) is 0 Å². The lowest BCUT2D eigenvalue weighted by Crippen LogP contribution is -2.02. The number of hydrogen-bond donors (Lipinski definition) is 1. The summed E-state index contributed by atoms with van der Waals surface area (Å²) < 4.78 is 10.9. The van der Waals surface area contributed by atoms with E-state index in [0.717, 1.165) is 23.5 Å². The first-order chi connectivity index (χ1) is 8.69. The average Bonchev–Trinajstić information content (AvgIpc) is 2.38. The van der Waals surface area contributed by atoms with Crippen molar-refractivity contribution < 1.29 is 14.6 Å². The average molecular weight is 252 g/mol. The second kappa shape index (κ2) is 7.98. The second-order valence-corrected chi connectivity index (χ2v) is 4.49. The molecule has 0 aliphatic heterocycles. The van der Waals surface area contributed by atoms with E-state index in [4.69, 9.17) is 9.47 Å². The Morgan fingerprint density at radius 1 is 1.22 bits per heavy atom. The molecule has 0 saturated heterocycles. The minimum Gasteiger partial charge on any atom is -0.497 e. The van der Waals surface area contributed by atoms with Crippen LogP contribution in [-0.4, -0.2) is 18.8 Å². The Kier molecular flexibility index (Phi) is 6.58. The maximum absolute atomic E-state index is 9.69. The van der Waals surface area contributed by atoms with Gasteiger partial charge in [-0.25, -0.2) is 0 Å². The van der Waals surface area contributed by atoms with Crippen LogP contribution in [0.3, 0.4) is 0 Å². The standard InChI is InChI=1S/C15H24O3/c1-4-5-6-7-10-18-15-11-13(17-3)8-9-14(15)12(2)16/h8-9,11-12,16H,4-7,10H2,1-3H3/t12-/m1/s1. The molecule has 18 heavy (non-hydrogen) atoms. The molecule has 0 bridgehead atoms. The predicted octanol–water partition coefficient (Wildman–Crippen LogP) is 3.71. The maximum atomic E-state index is 9.69. The summed E-state index contributed by atoms with van der Waals surface area (Å²) in [4.78, 5) is 0. The molecule has 1 aromatic carbocycles. The van der Waals surface area contributed by atoms with E-state index in [1.165, 1.54) is 19.3 Å². The molecule has 0 saturated carbocycles. The zero-order valence-electron chi connectivity index (χ0n) is 11.6. The van der Waals surface area contributed by atoms with Gasteiger partial charge in [0, 0.05) is 11.6 Å². The van der Waals surface area contributed by atoms with Gasteiger partial charge in [0.1, 0.15) is 11.5 Å². The first kappa shape index (κ1) is 14.8. The van der Waals surface area contributed by atoms with Crippen LogP contribution in [0.1, 0.15) is 51.2 Å². The largest absolute Gasteiger partial charge is 0.497 e. The van der Waals surface area contributed by atoms with Gasteiger partial charge in [0.2, 0.25) is 0 Å². The van der Waals surface area contributed by atoms with Crippen LogP contribution in [0.4, 0.5) is 0 Å². The van der Waals surface area contributed by atoms with E-state index in [1.54, 1.807) is 14.0 Å². The molecule has 1 aromatic rings. The van der Waals surface area contributed by atoms with Crippen molar-refractivity contribution in [1.82, 2.24) is 0 Å². The van der Waals surface area contributed by atoms with E-state index in [-0.39, 0.29) is 0 Å². The number of unbranched alkanes of at least 4 members (excludes halogenated alkanes) is 3. The van der Waals surface area contributed by atoms with E-state index in [9.17, 15) is 5.11 Å². The Balaban J connectivity index is 2.60. The fourth-order valence-electron chi connectivity index (χ4n) is 1.82. The summed E-state index contributed by atoms with van der Waals surface area (Å²) in [5.74, 6) is 1.48. The van der Waals surface area contributed by atoms with Crippen molar-refractivity contribution in [3.63, 3.8) is 0 Å². The third-order valence-electron chi connectivity index (χ3n) is 2.93. The van der Waals surface area contributed by atoms with Crippen LogP contribution >= 0.6 is 0 Å². The molecule has 1 atom stereocenters. The highest BCUT2D eigenvalue weighted by molar-refractivity contribution is 5.41. The van der Waals surface area contributed by atoms with Crippen molar-refractivity contribution in [2.24, 2.45) is 0 Å². The Labute approximate surface area is 110 Å². The lowest BCUT2D eigenvalue weighted by molar-refractivity contribution is 0.190. The number of rotatable bonds is 8. The quantitative estimate of drug-likeness (QED) is 0.717. The lowest BCUT2D eigenvalue weighted by atomic mass is 10.1. The topological polar surface area (TPSA) is 38.7 Å². The van der Waals surface area contributed by atoms with Crippen LogP contribution in [0, 0.1) is 0 Å². The number of benzene rings is 1. The van der Waals surface area contributed by atoms with Crippen molar-refractivity contribution in [3.05, 3.63) is 23.8 Å². The normalized spacial score (nSPS) is 12.2. The van der Waals surface area contributed by atoms with Gasteiger partial charge in [-0.05, 0) is 25.5 Å². The molecule has 102 valence electrons. The number of hydrogen-bond acceptors (Lipinski definition) is 3. The first-order valence-corrected chi connectivity index (χ1v) is 6.67. The summed E-state index contributed by atoms with van der Waals surface area (Å²) >= 11 is 0. The zero-order valence-corrected chi connectivity index (χ0v) is 11.6. The molecule has 0 amide bonds. The summed E-state index contributed by atoms with van der Waals surface area (Å²) in [6.45, 7) is 4.62. The van der Waals surface area contributed by atoms with E-state index in [0.29, 0.717) is 6.61 Å². The summed E-state index contributed by atoms with van der Waals surface area (Å²) in [5, 5.41) is 9.69. The minimum absolute atomic E-state index is 0.526. The third-order valence-corrected chi connectivity index (χ3v) is 2.93. The molecule has 0 heterocycles. The van der Waals surface area contributed by atoms with Gasteiger partial charge in [-0.3, -0.25) is 0 Å². The van der Waals surface area contributed by atoms with Crippen LogP contribution in [0.25, 0.3) is 0 Å². The van der Waals surface area contributed by atoms with E-state index in [2.05, 4.69) is 6.92 Å². The van der Waals surface area contributed by atoms with Gasteiger partial charge in [-0.15, -0.1) is 0 Å². The van der Waals surface area contributed by atoms with Gasteiger partial charge < -0.3 is 14.6 Å². The molecule has 3 heteroatoms. The summed E-state index contributed by atoms with van der Waals surface area (Å²) in [7, 11) is 1.63. The second-order valence-electron chi connectivity index (χ2n) is 4.49. The molecule has 0 radical (unpaired) electrons. The number of methoxy groups -OCH3 is 1. The maximum Gasteiger partial charge on any atom is 0.128 e. The number of aliphatic hydroxyl groups excluding tert-OH is 1. The molecular weight excluding hydrogens is 228 g/mol. The van der Waals surface area contributed by atoms with Gasteiger partial charge in [0.15, 0.2) is 0 Å². The van der Waals surface area contributed by atoms with Crippen molar-refractivity contribution in [2.75, 3.05) is 13.7 Å². The van der Waals surface area contributed by atoms with E-state index in [1.807, 2.05) is 18.2 Å². The monoisotopic (exact) mass is 252 g/mol. The van der Waals surface area contributed by atoms with Crippen molar-refractivity contribution >= 4 is 0 Å². The van der Waals surface area contributed by atoms with Gasteiger partial charge >= 0.3 is 0 Å². The van der Waals surface area contributed by atoms with Crippen LogP contribution < -0.4 is 9.47 Å². The third kappa shape index (κ3) is 4.57. The Bertz CT molecular complexity index is 348. The Hall–Kier alpha value is -1.22. The summed E-state index contributed by atoms with van der Waals surface area (Å²) in [5.41, 5.74) is 0.811. The Morgan fingerprint density at radius 2 is 2.00 bits per heavy atom. The highest BCUT2D eigenvalue weighted by Crippen LogP contribution is 2.29. The van der Waals surface area contributed by atoms with E-state index < -0.39 is 6.10 Å². The zero-order chi connectivity index (χ0) is 13.4. The van der Waals surface area contributed by atoms with Crippen molar-refractivity contribution in [2.45, 2.75) is 45.6 Å². The van der Waals surface area contributed by atoms with Gasteiger partial charge in [0.05, 0.1) is 19.8 Å². The fraction of sp³-hybridized carbons (Fsp3) is 0.600. The smallest absolute Gasteiger partial charge is 0.128 e. The summed E-state index contributed by atoms with van der Waals surface area (Å²) in [6.07, 6.45) is 4.17. The van der Waals surface area contributed by atoms with Crippen LogP contribution in [0.15, 0.2) is 18.2 Å².